The van der Waals surface area contributed by atoms with Crippen LogP contribution in [0.5, 0.6) is 0 Å². The molecule has 188 valence electrons. The molecule has 1 saturated heterocycles. The molecule has 34 heavy (non-hydrogen) atoms. The zero-order valence-electron chi connectivity index (χ0n) is 19.9. The van der Waals surface area contributed by atoms with Gasteiger partial charge < -0.3 is 4.90 Å². The largest absolute Gasteiger partial charge is 0.303 e. The summed E-state index contributed by atoms with van der Waals surface area (Å²) in [7, 11) is -3.82. The van der Waals surface area contributed by atoms with E-state index in [9.17, 15) is 8.42 Å². The number of halogens is 3. The standard InChI is InChI=1S/C21H25Cl3N2O2S2.C2H6.C2H2/c1-29-18-9-13-25(14-10-18)11-2-12-26(21-15-17(23)5-8-20(21)24)30(27,28)19-6-3-16(22)4-7-19;2*1-2/h3-8,15,18H,2,9-14H2,1H3;1-2H3;1-2H. The van der Waals surface area contributed by atoms with Crippen molar-refractivity contribution in [3.8, 4) is 12.8 Å². The summed E-state index contributed by atoms with van der Waals surface area (Å²) in [6.45, 7) is 7.25. The number of benzene rings is 2. The average Bonchev–Trinajstić information content (AvgIpc) is 2.86. The van der Waals surface area contributed by atoms with Gasteiger partial charge in [-0.15, -0.1) is 12.8 Å². The van der Waals surface area contributed by atoms with Gasteiger partial charge in [-0.25, -0.2) is 8.42 Å². The van der Waals surface area contributed by atoms with Crippen molar-refractivity contribution < 1.29 is 8.42 Å². The number of sulfonamides is 1. The second-order valence-corrected chi connectivity index (χ2v) is 11.5. The topological polar surface area (TPSA) is 40.6 Å². The third-order valence-corrected chi connectivity index (χ3v) is 9.05. The minimum absolute atomic E-state index is 0.170. The lowest BCUT2D eigenvalue weighted by Gasteiger charge is -2.32. The number of piperidine rings is 1. The summed E-state index contributed by atoms with van der Waals surface area (Å²) in [6, 6.07) is 11.0. The lowest BCUT2D eigenvalue weighted by atomic mass is 10.1. The van der Waals surface area contributed by atoms with Crippen molar-refractivity contribution in [2.24, 2.45) is 0 Å². The molecule has 0 saturated carbocycles. The summed E-state index contributed by atoms with van der Waals surface area (Å²) >= 11 is 20.4. The maximum Gasteiger partial charge on any atom is 0.264 e. The number of thioether (sulfide) groups is 1. The number of nitrogens with zero attached hydrogens (tertiary/aromatic N) is 2. The Balaban J connectivity index is 0.00000137. The summed E-state index contributed by atoms with van der Waals surface area (Å²) in [5.41, 5.74) is 0.389. The molecule has 0 atom stereocenters. The van der Waals surface area contributed by atoms with Crippen LogP contribution in [-0.4, -0.2) is 51.0 Å². The van der Waals surface area contributed by atoms with Crippen molar-refractivity contribution in [2.75, 3.05) is 36.7 Å². The van der Waals surface area contributed by atoms with Gasteiger partial charge in [-0.05, 0) is 87.6 Å². The average molecular weight is 564 g/mol. The molecular formula is C25H33Cl3N2O2S2. The van der Waals surface area contributed by atoms with Gasteiger partial charge in [0.05, 0.1) is 15.6 Å². The highest BCUT2D eigenvalue weighted by Crippen LogP contribution is 2.33. The van der Waals surface area contributed by atoms with E-state index in [-0.39, 0.29) is 4.90 Å². The van der Waals surface area contributed by atoms with E-state index in [1.165, 1.54) is 29.3 Å². The second-order valence-electron chi connectivity index (χ2n) is 7.26. The van der Waals surface area contributed by atoms with E-state index in [1.54, 1.807) is 30.3 Å². The Labute approximate surface area is 225 Å². The summed E-state index contributed by atoms with van der Waals surface area (Å²) in [4.78, 5) is 2.57. The normalized spacial score (nSPS) is 14.4. The molecule has 1 aliphatic rings. The van der Waals surface area contributed by atoms with Crippen LogP contribution >= 0.6 is 46.6 Å². The third kappa shape index (κ3) is 8.86. The van der Waals surface area contributed by atoms with Crippen molar-refractivity contribution >= 4 is 62.3 Å². The minimum Gasteiger partial charge on any atom is -0.303 e. The maximum atomic E-state index is 13.4. The van der Waals surface area contributed by atoms with Gasteiger partial charge >= 0.3 is 0 Å². The predicted octanol–water partition coefficient (Wildman–Crippen LogP) is 7.34. The van der Waals surface area contributed by atoms with E-state index < -0.39 is 10.0 Å². The van der Waals surface area contributed by atoms with Crippen LogP contribution in [0.1, 0.15) is 33.1 Å². The number of terminal acetylenes is 1. The molecule has 2 aromatic carbocycles. The van der Waals surface area contributed by atoms with Gasteiger partial charge in [0.2, 0.25) is 0 Å². The van der Waals surface area contributed by atoms with Crippen molar-refractivity contribution in [3.63, 3.8) is 0 Å². The number of hydrogen-bond acceptors (Lipinski definition) is 4. The molecule has 0 aromatic heterocycles. The first-order valence-corrected chi connectivity index (χ1v) is 15.0. The molecule has 1 fully saturated rings. The van der Waals surface area contributed by atoms with Crippen LogP contribution in [0.15, 0.2) is 47.4 Å². The summed E-state index contributed by atoms with van der Waals surface area (Å²) < 4.78 is 28.2. The van der Waals surface area contributed by atoms with Crippen molar-refractivity contribution in [3.05, 3.63) is 57.5 Å². The molecule has 0 unspecified atom stereocenters. The van der Waals surface area contributed by atoms with Crippen LogP contribution in [0, 0.1) is 12.8 Å². The molecule has 1 heterocycles. The van der Waals surface area contributed by atoms with Gasteiger partial charge in [0.1, 0.15) is 0 Å². The molecule has 0 aliphatic carbocycles. The molecule has 2 aromatic rings. The first-order valence-electron chi connectivity index (χ1n) is 11.1. The molecule has 0 spiro atoms. The highest BCUT2D eigenvalue weighted by Gasteiger charge is 2.27. The number of anilines is 1. The van der Waals surface area contributed by atoms with Crippen LogP contribution in [0.4, 0.5) is 5.69 Å². The second kappa shape index (κ2) is 15.8. The molecule has 3 rings (SSSR count). The molecule has 4 nitrogen and oxygen atoms in total. The van der Waals surface area contributed by atoms with E-state index in [2.05, 4.69) is 24.0 Å². The number of hydrogen-bond donors (Lipinski definition) is 0. The van der Waals surface area contributed by atoms with Crippen molar-refractivity contribution in [1.82, 2.24) is 4.90 Å². The molecular weight excluding hydrogens is 531 g/mol. The zero-order valence-corrected chi connectivity index (χ0v) is 23.8. The summed E-state index contributed by atoms with van der Waals surface area (Å²) in [5.74, 6) is 0. The smallest absolute Gasteiger partial charge is 0.264 e. The first-order chi connectivity index (χ1) is 16.3. The molecule has 0 bridgehead atoms. The molecule has 0 N–H and O–H groups in total. The van der Waals surface area contributed by atoms with Gasteiger partial charge in [-0.3, -0.25) is 4.31 Å². The zero-order chi connectivity index (χ0) is 25.7. The van der Waals surface area contributed by atoms with Crippen LogP contribution in [0.3, 0.4) is 0 Å². The Hall–Kier alpha value is -1.07. The summed E-state index contributed by atoms with van der Waals surface area (Å²) in [5, 5.41) is 1.99. The van der Waals surface area contributed by atoms with Crippen LogP contribution < -0.4 is 4.31 Å². The van der Waals surface area contributed by atoms with E-state index in [0.717, 1.165) is 24.9 Å². The van der Waals surface area contributed by atoms with E-state index >= 15 is 0 Å². The Morgan fingerprint density at radius 3 is 2.12 bits per heavy atom. The Morgan fingerprint density at radius 1 is 1.00 bits per heavy atom. The van der Waals surface area contributed by atoms with Crippen molar-refractivity contribution in [2.45, 2.75) is 43.3 Å². The van der Waals surface area contributed by atoms with Crippen LogP contribution in [0.25, 0.3) is 0 Å². The molecule has 9 heteroatoms. The Bertz CT molecular complexity index is 991. The van der Waals surface area contributed by atoms with E-state index in [1.807, 2.05) is 25.6 Å². The molecule has 0 radical (unpaired) electrons. The fourth-order valence-corrected chi connectivity index (χ4v) is 6.35. The number of likely N-dealkylation sites (tertiary alicyclic amines) is 1. The third-order valence-electron chi connectivity index (χ3n) is 5.28. The van der Waals surface area contributed by atoms with Gasteiger partial charge in [0.15, 0.2) is 0 Å². The SMILES string of the molecule is C#C.CC.CSC1CCN(CCCN(c2cc(Cl)ccc2Cl)S(=O)(=O)c2ccc(Cl)cc2)CC1. The lowest BCUT2D eigenvalue weighted by molar-refractivity contribution is 0.232. The monoisotopic (exact) mass is 562 g/mol. The highest BCUT2D eigenvalue weighted by molar-refractivity contribution is 7.99. The van der Waals surface area contributed by atoms with Gasteiger partial charge in [-0.2, -0.15) is 11.8 Å². The Kier molecular flexibility index (Phi) is 14.4. The number of rotatable bonds is 8. The molecule has 0 amide bonds. The Morgan fingerprint density at radius 2 is 1.56 bits per heavy atom. The van der Waals surface area contributed by atoms with Gasteiger partial charge in [0, 0.05) is 21.8 Å². The summed E-state index contributed by atoms with van der Waals surface area (Å²) in [6.07, 6.45) is 13.2. The fourth-order valence-electron chi connectivity index (χ4n) is 3.59. The van der Waals surface area contributed by atoms with E-state index in [4.69, 9.17) is 34.8 Å². The molecule has 1 aliphatic heterocycles. The van der Waals surface area contributed by atoms with Gasteiger partial charge in [0.25, 0.3) is 10.0 Å². The highest BCUT2D eigenvalue weighted by atomic mass is 35.5. The van der Waals surface area contributed by atoms with E-state index in [0.29, 0.717) is 33.7 Å². The first kappa shape index (κ1) is 31.0. The van der Waals surface area contributed by atoms with Crippen molar-refractivity contribution in [1.29, 1.82) is 0 Å². The fraction of sp³-hybridized carbons (Fsp3) is 0.440. The quantitative estimate of drug-likeness (QED) is 0.315. The van der Waals surface area contributed by atoms with Crippen LogP contribution in [-0.2, 0) is 10.0 Å². The lowest BCUT2D eigenvalue weighted by Crippen LogP contribution is -2.38. The maximum absolute atomic E-state index is 13.4. The predicted molar refractivity (Wildman–Crippen MR) is 151 cm³/mol. The van der Waals surface area contributed by atoms with Gasteiger partial charge in [-0.1, -0.05) is 48.7 Å². The van der Waals surface area contributed by atoms with Crippen LogP contribution in [0.2, 0.25) is 15.1 Å². The minimum atomic E-state index is -3.82.